The van der Waals surface area contributed by atoms with Crippen LogP contribution in [-0.2, 0) is 27.4 Å². The van der Waals surface area contributed by atoms with Gasteiger partial charge in [0.05, 0.1) is 25.9 Å². The van der Waals surface area contributed by atoms with Crippen molar-refractivity contribution >= 4 is 0 Å². The van der Waals surface area contributed by atoms with Gasteiger partial charge in [-0.25, -0.2) is 0 Å². The smallest absolute Gasteiger partial charge is 0.115 e. The Labute approximate surface area is 118 Å². The highest BCUT2D eigenvalue weighted by molar-refractivity contribution is 5.26. The highest BCUT2D eigenvalue weighted by atomic mass is 16.6. The van der Waals surface area contributed by atoms with Crippen LogP contribution in [0, 0.1) is 0 Å². The molecule has 1 aromatic carbocycles. The van der Waals surface area contributed by atoms with Crippen LogP contribution in [0.2, 0.25) is 0 Å². The molecule has 2 bridgehead atoms. The SMILES string of the molecule is CC1OC2COCc3ccccc3CO[C@@H](C1O)[C@H]2O. The zero-order chi connectivity index (χ0) is 14.1. The second kappa shape index (κ2) is 5.79. The summed E-state index contributed by atoms with van der Waals surface area (Å²) in [5.41, 5.74) is 2.08. The van der Waals surface area contributed by atoms with Crippen molar-refractivity contribution in [3.05, 3.63) is 35.4 Å². The van der Waals surface area contributed by atoms with Gasteiger partial charge in [0.15, 0.2) is 0 Å². The van der Waals surface area contributed by atoms with Crippen LogP contribution in [-0.4, -0.2) is 47.3 Å². The summed E-state index contributed by atoms with van der Waals surface area (Å²) in [6, 6.07) is 7.86. The number of rotatable bonds is 0. The molecule has 0 aromatic heterocycles. The first-order chi connectivity index (χ1) is 9.66. The van der Waals surface area contributed by atoms with Crippen molar-refractivity contribution < 1.29 is 24.4 Å². The maximum Gasteiger partial charge on any atom is 0.115 e. The molecule has 110 valence electrons. The standard InChI is InChI=1S/C15H20O5/c1-9-13(16)15-14(17)12(20-9)8-18-6-10-4-2-3-5-11(10)7-19-15/h2-5,9,12-17H,6-8H2,1H3/t9?,12?,13?,14-,15-/m0/s1. The van der Waals surface area contributed by atoms with Crippen molar-refractivity contribution in [1.29, 1.82) is 0 Å². The first-order valence-corrected chi connectivity index (χ1v) is 6.94. The van der Waals surface area contributed by atoms with Gasteiger partial charge >= 0.3 is 0 Å². The lowest BCUT2D eigenvalue weighted by atomic mass is 9.95. The predicted molar refractivity (Wildman–Crippen MR) is 71.0 cm³/mol. The quantitative estimate of drug-likeness (QED) is 0.729. The first kappa shape index (κ1) is 14.0. The Hall–Kier alpha value is -0.980. The lowest BCUT2D eigenvalue weighted by Gasteiger charge is -2.42. The van der Waals surface area contributed by atoms with Crippen LogP contribution < -0.4 is 0 Å². The van der Waals surface area contributed by atoms with Crippen molar-refractivity contribution in [3.63, 3.8) is 0 Å². The molecule has 3 rings (SSSR count). The summed E-state index contributed by atoms with van der Waals surface area (Å²) in [4.78, 5) is 0. The molecule has 1 saturated heterocycles. The molecular formula is C15H20O5. The molecule has 0 radical (unpaired) electrons. The number of hydrogen-bond acceptors (Lipinski definition) is 5. The molecule has 0 amide bonds. The zero-order valence-corrected chi connectivity index (χ0v) is 11.4. The Kier molecular flexibility index (Phi) is 4.05. The van der Waals surface area contributed by atoms with E-state index in [0.717, 1.165) is 11.1 Å². The molecule has 5 atom stereocenters. The molecule has 5 nitrogen and oxygen atoms in total. The van der Waals surface area contributed by atoms with Gasteiger partial charge in [0.2, 0.25) is 0 Å². The van der Waals surface area contributed by atoms with Crippen molar-refractivity contribution in [2.45, 2.75) is 50.7 Å². The summed E-state index contributed by atoms with van der Waals surface area (Å²) in [7, 11) is 0. The molecule has 3 unspecified atom stereocenters. The summed E-state index contributed by atoms with van der Waals surface area (Å²) >= 11 is 0. The summed E-state index contributed by atoms with van der Waals surface area (Å²) in [6.45, 7) is 2.87. The van der Waals surface area contributed by atoms with Gasteiger partial charge in [-0.3, -0.25) is 0 Å². The fourth-order valence-electron chi connectivity index (χ4n) is 2.76. The van der Waals surface area contributed by atoms with Gasteiger partial charge in [0, 0.05) is 0 Å². The Morgan fingerprint density at radius 3 is 2.50 bits per heavy atom. The van der Waals surface area contributed by atoms with E-state index in [0.29, 0.717) is 13.2 Å². The first-order valence-electron chi connectivity index (χ1n) is 6.94. The Bertz CT molecular complexity index is 463. The second-order valence-corrected chi connectivity index (χ2v) is 5.42. The third kappa shape index (κ3) is 2.60. The molecule has 2 heterocycles. The van der Waals surface area contributed by atoms with Gasteiger partial charge < -0.3 is 24.4 Å². The van der Waals surface area contributed by atoms with E-state index in [1.54, 1.807) is 6.92 Å². The molecule has 0 spiro atoms. The topological polar surface area (TPSA) is 68.2 Å². The van der Waals surface area contributed by atoms with E-state index < -0.39 is 24.4 Å². The number of hydrogen-bond donors (Lipinski definition) is 2. The van der Waals surface area contributed by atoms with Crippen molar-refractivity contribution in [1.82, 2.24) is 0 Å². The molecular weight excluding hydrogens is 260 g/mol. The minimum absolute atomic E-state index is 0.284. The Morgan fingerprint density at radius 1 is 1.05 bits per heavy atom. The lowest BCUT2D eigenvalue weighted by Crippen LogP contribution is -2.58. The van der Waals surface area contributed by atoms with Crippen LogP contribution in [0.25, 0.3) is 0 Å². The highest BCUT2D eigenvalue weighted by Crippen LogP contribution is 2.26. The number of ether oxygens (including phenoxy) is 3. The van der Waals surface area contributed by atoms with Crippen LogP contribution in [0.3, 0.4) is 0 Å². The number of benzene rings is 1. The molecule has 2 aliphatic heterocycles. The molecule has 5 heteroatoms. The van der Waals surface area contributed by atoms with Crippen LogP contribution >= 0.6 is 0 Å². The van der Waals surface area contributed by atoms with Gasteiger partial charge in [-0.15, -0.1) is 0 Å². The van der Waals surface area contributed by atoms with Crippen LogP contribution in [0.1, 0.15) is 18.1 Å². The van der Waals surface area contributed by atoms with E-state index in [1.165, 1.54) is 0 Å². The number of fused-ring (bicyclic) bond motifs is 3. The molecule has 0 saturated carbocycles. The summed E-state index contributed by atoms with van der Waals surface area (Å²) in [6.07, 6.45) is -3.23. The molecule has 1 aromatic rings. The zero-order valence-electron chi connectivity index (χ0n) is 11.4. The fourth-order valence-corrected chi connectivity index (χ4v) is 2.76. The third-order valence-electron chi connectivity index (χ3n) is 4.01. The molecule has 2 N–H and O–H groups in total. The van der Waals surface area contributed by atoms with Crippen molar-refractivity contribution in [2.24, 2.45) is 0 Å². The summed E-state index contributed by atoms with van der Waals surface area (Å²) < 4.78 is 17.0. The maximum absolute atomic E-state index is 10.3. The van der Waals surface area contributed by atoms with E-state index in [9.17, 15) is 10.2 Å². The van der Waals surface area contributed by atoms with Crippen LogP contribution in [0.4, 0.5) is 0 Å². The van der Waals surface area contributed by atoms with Gasteiger partial charge in [-0.05, 0) is 18.1 Å². The highest BCUT2D eigenvalue weighted by Gasteiger charge is 2.43. The summed E-state index contributed by atoms with van der Waals surface area (Å²) in [5.74, 6) is 0. The normalized spacial score (nSPS) is 38.0. The Balaban J connectivity index is 1.86. The van der Waals surface area contributed by atoms with Gasteiger partial charge in [-0.1, -0.05) is 24.3 Å². The minimum Gasteiger partial charge on any atom is -0.388 e. The van der Waals surface area contributed by atoms with E-state index in [4.69, 9.17) is 14.2 Å². The minimum atomic E-state index is -0.883. The second-order valence-electron chi connectivity index (χ2n) is 5.42. The van der Waals surface area contributed by atoms with E-state index in [-0.39, 0.29) is 12.7 Å². The number of aliphatic hydroxyl groups is 2. The van der Waals surface area contributed by atoms with E-state index in [1.807, 2.05) is 24.3 Å². The maximum atomic E-state index is 10.3. The van der Waals surface area contributed by atoms with Crippen molar-refractivity contribution in [3.8, 4) is 0 Å². The lowest BCUT2D eigenvalue weighted by molar-refractivity contribution is -0.244. The van der Waals surface area contributed by atoms with Crippen LogP contribution in [0.15, 0.2) is 24.3 Å². The average Bonchev–Trinajstić information content (AvgIpc) is 2.45. The average molecular weight is 280 g/mol. The fraction of sp³-hybridized carbons (Fsp3) is 0.600. The van der Waals surface area contributed by atoms with Gasteiger partial charge in [-0.2, -0.15) is 0 Å². The van der Waals surface area contributed by atoms with E-state index in [2.05, 4.69) is 0 Å². The van der Waals surface area contributed by atoms with Crippen molar-refractivity contribution in [2.75, 3.05) is 6.61 Å². The molecule has 1 fully saturated rings. The molecule has 20 heavy (non-hydrogen) atoms. The third-order valence-corrected chi connectivity index (χ3v) is 4.01. The molecule has 2 aliphatic rings. The van der Waals surface area contributed by atoms with Gasteiger partial charge in [0.25, 0.3) is 0 Å². The monoisotopic (exact) mass is 280 g/mol. The predicted octanol–water partition coefficient (Wildman–Crippen LogP) is 0.611. The number of aliphatic hydroxyl groups excluding tert-OH is 2. The largest absolute Gasteiger partial charge is 0.388 e. The van der Waals surface area contributed by atoms with Gasteiger partial charge in [0.1, 0.15) is 24.4 Å². The Morgan fingerprint density at radius 2 is 1.75 bits per heavy atom. The van der Waals surface area contributed by atoms with E-state index >= 15 is 0 Å². The summed E-state index contributed by atoms with van der Waals surface area (Å²) in [5, 5.41) is 20.4. The van der Waals surface area contributed by atoms with Crippen LogP contribution in [0.5, 0.6) is 0 Å². The molecule has 0 aliphatic carbocycles.